The van der Waals surface area contributed by atoms with Crippen molar-refractivity contribution in [3.8, 4) is 11.1 Å². The molecule has 0 saturated heterocycles. The van der Waals surface area contributed by atoms with E-state index in [9.17, 15) is 18.0 Å². The molecule has 0 spiro atoms. The number of nitrogens with zero attached hydrogens (tertiary/aromatic N) is 1. The number of hydrogen-bond acceptors (Lipinski definition) is 4. The summed E-state index contributed by atoms with van der Waals surface area (Å²) in [5.41, 5.74) is 3.38. The molecule has 2 aromatic carbocycles. The second kappa shape index (κ2) is 8.64. The number of nitrogens with one attached hydrogen (secondary N) is 2. The molecule has 0 saturated carbocycles. The minimum absolute atomic E-state index is 0.0817. The van der Waals surface area contributed by atoms with Gasteiger partial charge in [0.15, 0.2) is 0 Å². The molecule has 0 aliphatic heterocycles. The summed E-state index contributed by atoms with van der Waals surface area (Å²) in [6.07, 6.45) is 0. The molecule has 1 amide bonds. The molecule has 3 aromatic rings. The predicted molar refractivity (Wildman–Crippen MR) is 117 cm³/mol. The van der Waals surface area contributed by atoms with Crippen LogP contribution in [0.15, 0.2) is 70.4 Å². The van der Waals surface area contributed by atoms with Crippen LogP contribution >= 0.6 is 0 Å². The van der Waals surface area contributed by atoms with Crippen molar-refractivity contribution >= 4 is 21.6 Å². The molecule has 0 aliphatic rings. The Kier molecular flexibility index (Phi) is 6.19. The summed E-state index contributed by atoms with van der Waals surface area (Å²) >= 11 is 0. The molecule has 1 aromatic heterocycles. The Morgan fingerprint density at radius 1 is 0.933 bits per heavy atom. The third-order valence-corrected chi connectivity index (χ3v) is 6.21. The van der Waals surface area contributed by atoms with Gasteiger partial charge in [-0.25, -0.2) is 13.1 Å². The second-order valence-electron chi connectivity index (χ2n) is 6.97. The van der Waals surface area contributed by atoms with E-state index in [4.69, 9.17) is 0 Å². The maximum absolute atomic E-state index is 12.6. The summed E-state index contributed by atoms with van der Waals surface area (Å²) < 4.78 is 29.2. The summed E-state index contributed by atoms with van der Waals surface area (Å²) in [7, 11) is -2.11. The van der Waals surface area contributed by atoms with Gasteiger partial charge in [0.2, 0.25) is 15.9 Å². The minimum atomic E-state index is -3.76. The van der Waals surface area contributed by atoms with E-state index in [0.717, 1.165) is 16.8 Å². The predicted octanol–water partition coefficient (Wildman–Crippen LogP) is 2.80. The Morgan fingerprint density at radius 2 is 1.50 bits per heavy atom. The monoisotopic (exact) mass is 425 g/mol. The number of benzene rings is 2. The van der Waals surface area contributed by atoms with E-state index in [1.54, 1.807) is 43.4 Å². The van der Waals surface area contributed by atoms with Crippen LogP contribution in [0.3, 0.4) is 0 Å². The number of carbonyl (C=O) groups is 1. The maximum atomic E-state index is 12.6. The summed E-state index contributed by atoms with van der Waals surface area (Å²) in [6.45, 7) is 3.17. The van der Waals surface area contributed by atoms with Crippen molar-refractivity contribution < 1.29 is 13.2 Å². The Morgan fingerprint density at radius 3 is 2.07 bits per heavy atom. The molecule has 3 rings (SSSR count). The summed E-state index contributed by atoms with van der Waals surface area (Å²) in [5.74, 6) is -0.145. The lowest BCUT2D eigenvalue weighted by Crippen LogP contribution is -2.29. The number of pyridine rings is 1. The first-order chi connectivity index (χ1) is 14.2. The van der Waals surface area contributed by atoms with Crippen LogP contribution < -0.4 is 15.6 Å². The van der Waals surface area contributed by atoms with E-state index < -0.39 is 10.0 Å². The quantitative estimate of drug-likeness (QED) is 0.635. The van der Waals surface area contributed by atoms with Gasteiger partial charge in [0.25, 0.3) is 5.56 Å². The van der Waals surface area contributed by atoms with Crippen LogP contribution in [0.2, 0.25) is 0 Å². The van der Waals surface area contributed by atoms with Crippen molar-refractivity contribution in [2.24, 2.45) is 7.05 Å². The highest BCUT2D eigenvalue weighted by molar-refractivity contribution is 7.89. The second-order valence-corrected chi connectivity index (χ2v) is 8.74. The van der Waals surface area contributed by atoms with E-state index in [-0.39, 0.29) is 22.9 Å². The van der Waals surface area contributed by atoms with Gasteiger partial charge >= 0.3 is 0 Å². The molecule has 0 unspecified atom stereocenters. The molecule has 7 nitrogen and oxygen atoms in total. The van der Waals surface area contributed by atoms with Gasteiger partial charge in [0, 0.05) is 37.5 Å². The van der Waals surface area contributed by atoms with Gasteiger partial charge in [-0.05, 0) is 48.4 Å². The van der Waals surface area contributed by atoms with Crippen molar-refractivity contribution in [2.45, 2.75) is 25.3 Å². The normalized spacial score (nSPS) is 11.3. The molecule has 2 N–H and O–H groups in total. The van der Waals surface area contributed by atoms with E-state index in [0.29, 0.717) is 11.3 Å². The van der Waals surface area contributed by atoms with Crippen molar-refractivity contribution in [3.63, 3.8) is 0 Å². The van der Waals surface area contributed by atoms with Gasteiger partial charge in [-0.3, -0.25) is 9.59 Å². The average Bonchev–Trinajstić information content (AvgIpc) is 2.72. The van der Waals surface area contributed by atoms with Crippen LogP contribution in [0, 0.1) is 6.92 Å². The zero-order valence-corrected chi connectivity index (χ0v) is 17.8. The van der Waals surface area contributed by atoms with Gasteiger partial charge in [-0.1, -0.05) is 30.3 Å². The highest BCUT2D eigenvalue weighted by atomic mass is 32.2. The number of carbonyl (C=O) groups excluding carboxylic acids is 1. The van der Waals surface area contributed by atoms with E-state index in [2.05, 4.69) is 10.0 Å². The van der Waals surface area contributed by atoms with Gasteiger partial charge in [-0.2, -0.15) is 0 Å². The molecule has 0 bridgehead atoms. The number of aromatic nitrogens is 1. The molecule has 0 atom stereocenters. The number of sulfonamides is 1. The number of amides is 1. The van der Waals surface area contributed by atoms with Crippen LogP contribution in [0.1, 0.15) is 18.2 Å². The Labute approximate surface area is 175 Å². The molecule has 8 heteroatoms. The molecule has 0 radical (unpaired) electrons. The Bertz CT molecular complexity index is 1230. The summed E-state index contributed by atoms with van der Waals surface area (Å²) in [6, 6.07) is 17.1. The number of anilines is 1. The van der Waals surface area contributed by atoms with Crippen molar-refractivity contribution in [1.29, 1.82) is 0 Å². The van der Waals surface area contributed by atoms with E-state index >= 15 is 0 Å². The number of aryl methyl sites for hydroxylation is 1. The SMILES string of the molecule is CC(=O)Nc1ccc(-c2ccc(S(=O)(=O)NCc3ccc(C)n(C)c3=O)cc2)cc1. The van der Waals surface area contributed by atoms with Crippen molar-refractivity contribution in [1.82, 2.24) is 9.29 Å². The van der Waals surface area contributed by atoms with Gasteiger partial charge in [-0.15, -0.1) is 0 Å². The molecule has 0 aliphatic carbocycles. The van der Waals surface area contributed by atoms with Crippen LogP contribution in [0.25, 0.3) is 11.1 Å². The molecule has 0 fully saturated rings. The largest absolute Gasteiger partial charge is 0.326 e. The van der Waals surface area contributed by atoms with Crippen molar-refractivity contribution in [3.05, 3.63) is 82.3 Å². The van der Waals surface area contributed by atoms with Crippen LogP contribution in [0.4, 0.5) is 5.69 Å². The van der Waals surface area contributed by atoms with Gasteiger partial charge < -0.3 is 9.88 Å². The average molecular weight is 426 g/mol. The van der Waals surface area contributed by atoms with Gasteiger partial charge in [0.1, 0.15) is 0 Å². The first-order valence-electron chi connectivity index (χ1n) is 9.30. The topological polar surface area (TPSA) is 97.3 Å². The minimum Gasteiger partial charge on any atom is -0.326 e. The fraction of sp³-hybridized carbons (Fsp3) is 0.182. The third-order valence-electron chi connectivity index (χ3n) is 4.79. The van der Waals surface area contributed by atoms with Gasteiger partial charge in [0.05, 0.1) is 4.90 Å². The van der Waals surface area contributed by atoms with Crippen LogP contribution in [-0.2, 0) is 28.4 Å². The molecule has 30 heavy (non-hydrogen) atoms. The smallest absolute Gasteiger partial charge is 0.255 e. The molecule has 156 valence electrons. The zero-order valence-electron chi connectivity index (χ0n) is 17.0. The fourth-order valence-electron chi connectivity index (χ4n) is 2.95. The van der Waals surface area contributed by atoms with E-state index in [1.165, 1.54) is 23.6 Å². The van der Waals surface area contributed by atoms with Crippen LogP contribution in [0.5, 0.6) is 0 Å². The Balaban J connectivity index is 1.74. The fourth-order valence-corrected chi connectivity index (χ4v) is 3.95. The van der Waals surface area contributed by atoms with E-state index in [1.807, 2.05) is 19.1 Å². The highest BCUT2D eigenvalue weighted by Gasteiger charge is 2.15. The lowest BCUT2D eigenvalue weighted by molar-refractivity contribution is -0.114. The third kappa shape index (κ3) is 4.84. The maximum Gasteiger partial charge on any atom is 0.255 e. The first kappa shape index (κ1) is 21.5. The van der Waals surface area contributed by atoms with Crippen molar-refractivity contribution in [2.75, 3.05) is 5.32 Å². The highest BCUT2D eigenvalue weighted by Crippen LogP contribution is 2.23. The summed E-state index contributed by atoms with van der Waals surface area (Å²) in [5, 5.41) is 2.70. The summed E-state index contributed by atoms with van der Waals surface area (Å²) in [4.78, 5) is 23.4. The first-order valence-corrected chi connectivity index (χ1v) is 10.8. The van der Waals surface area contributed by atoms with Crippen LogP contribution in [-0.4, -0.2) is 18.9 Å². The lowest BCUT2D eigenvalue weighted by Gasteiger charge is -2.10. The lowest BCUT2D eigenvalue weighted by atomic mass is 10.1. The molecular weight excluding hydrogens is 402 g/mol. The molecular formula is C22H23N3O4S. The Hall–Kier alpha value is -3.23. The number of rotatable bonds is 6. The zero-order chi connectivity index (χ0) is 21.9. The standard InChI is InChI=1S/C22H23N3O4S/c1-15-4-5-19(22(27)25(15)3)14-23-30(28,29)21-12-8-18(9-13-21)17-6-10-20(11-7-17)24-16(2)26/h4-13,23H,14H2,1-3H3,(H,24,26). The number of hydrogen-bond donors (Lipinski definition) is 2. The molecule has 1 heterocycles.